The van der Waals surface area contributed by atoms with Crippen LogP contribution in [0, 0.1) is 13.8 Å². The van der Waals surface area contributed by atoms with E-state index in [4.69, 9.17) is 4.74 Å². The smallest absolute Gasteiger partial charge is 0.341 e. The molecule has 0 amide bonds. The normalized spacial score (nSPS) is 10.1. The van der Waals surface area contributed by atoms with Crippen LogP contribution >= 0.6 is 0 Å². The summed E-state index contributed by atoms with van der Waals surface area (Å²) in [5.41, 5.74) is 1.12. The molecule has 0 radical (unpaired) electrons. The van der Waals surface area contributed by atoms with E-state index in [-0.39, 0.29) is 11.4 Å². The van der Waals surface area contributed by atoms with Crippen molar-refractivity contribution in [2.75, 3.05) is 0 Å². The van der Waals surface area contributed by atoms with Gasteiger partial charge < -0.3 is 9.84 Å². The van der Waals surface area contributed by atoms with Crippen molar-refractivity contribution in [1.82, 2.24) is 15.2 Å². The number of pyridine rings is 1. The second-order valence-corrected chi connectivity index (χ2v) is 3.69. The van der Waals surface area contributed by atoms with Crippen molar-refractivity contribution in [3.05, 3.63) is 41.3 Å². The molecular formula is C12H11N3O3. The van der Waals surface area contributed by atoms with Gasteiger partial charge in [-0.05, 0) is 31.5 Å². The number of carboxylic acids is 1. The molecule has 6 nitrogen and oxygen atoms in total. The van der Waals surface area contributed by atoms with Gasteiger partial charge >= 0.3 is 5.97 Å². The molecule has 2 aromatic heterocycles. The Bertz CT molecular complexity index is 585. The van der Waals surface area contributed by atoms with Gasteiger partial charge in [0.25, 0.3) is 5.88 Å². The van der Waals surface area contributed by atoms with Gasteiger partial charge in [-0.25, -0.2) is 4.79 Å². The van der Waals surface area contributed by atoms with Crippen molar-refractivity contribution in [2.45, 2.75) is 13.8 Å². The first-order valence-electron chi connectivity index (χ1n) is 5.24. The van der Waals surface area contributed by atoms with Gasteiger partial charge in [0.05, 0.1) is 11.9 Å². The third-order valence-electron chi connectivity index (χ3n) is 2.49. The lowest BCUT2D eigenvalue weighted by Gasteiger charge is -2.09. The summed E-state index contributed by atoms with van der Waals surface area (Å²) in [6.07, 6.45) is 3.07. The molecule has 0 aromatic carbocycles. The molecule has 0 unspecified atom stereocenters. The van der Waals surface area contributed by atoms with E-state index in [9.17, 15) is 9.90 Å². The zero-order valence-corrected chi connectivity index (χ0v) is 9.91. The minimum atomic E-state index is -1.09. The van der Waals surface area contributed by atoms with E-state index in [1.807, 2.05) is 0 Å². The van der Waals surface area contributed by atoms with E-state index in [1.165, 1.54) is 6.20 Å². The zero-order valence-electron chi connectivity index (χ0n) is 9.91. The molecular weight excluding hydrogens is 234 g/mol. The fourth-order valence-corrected chi connectivity index (χ4v) is 1.43. The summed E-state index contributed by atoms with van der Waals surface area (Å²) in [6.45, 7) is 3.37. The number of aromatic carboxylic acids is 1. The molecule has 0 aliphatic rings. The molecule has 2 heterocycles. The first-order valence-corrected chi connectivity index (χ1v) is 5.24. The molecule has 92 valence electrons. The van der Waals surface area contributed by atoms with Gasteiger partial charge in [-0.15, -0.1) is 5.10 Å². The van der Waals surface area contributed by atoms with Crippen LogP contribution in [0.15, 0.2) is 24.5 Å². The molecule has 0 bridgehead atoms. The van der Waals surface area contributed by atoms with Gasteiger partial charge in [-0.3, -0.25) is 4.98 Å². The first-order chi connectivity index (χ1) is 8.59. The predicted octanol–water partition coefficient (Wildman–Crippen LogP) is 1.98. The van der Waals surface area contributed by atoms with Gasteiger partial charge in [0.2, 0.25) is 0 Å². The fourth-order valence-electron chi connectivity index (χ4n) is 1.43. The molecule has 1 N–H and O–H groups in total. The van der Waals surface area contributed by atoms with Crippen LogP contribution < -0.4 is 4.74 Å². The number of carboxylic acid groups (broad SMARTS) is 1. The molecule has 0 saturated heterocycles. The number of aryl methyl sites for hydroxylation is 1. The minimum Gasteiger partial charge on any atom is -0.477 e. The molecule has 6 heteroatoms. The van der Waals surface area contributed by atoms with E-state index >= 15 is 0 Å². The molecule has 0 fully saturated rings. The Morgan fingerprint density at radius 1 is 1.33 bits per heavy atom. The molecule has 0 aliphatic carbocycles. The van der Waals surface area contributed by atoms with Crippen LogP contribution in [0.4, 0.5) is 0 Å². The maximum atomic E-state index is 11.2. The molecule has 2 rings (SSSR count). The summed E-state index contributed by atoms with van der Waals surface area (Å²) in [7, 11) is 0. The highest BCUT2D eigenvalue weighted by Crippen LogP contribution is 2.25. The topological polar surface area (TPSA) is 85.2 Å². The van der Waals surface area contributed by atoms with Crippen molar-refractivity contribution < 1.29 is 14.6 Å². The quantitative estimate of drug-likeness (QED) is 0.889. The zero-order chi connectivity index (χ0) is 13.1. The van der Waals surface area contributed by atoms with E-state index in [1.54, 1.807) is 32.2 Å². The Morgan fingerprint density at radius 2 is 2.11 bits per heavy atom. The number of aromatic nitrogens is 3. The molecule has 18 heavy (non-hydrogen) atoms. The SMILES string of the molecule is Cc1nnc(Oc2cccnc2)c(C(=O)O)c1C. The second-order valence-electron chi connectivity index (χ2n) is 3.69. The van der Waals surface area contributed by atoms with E-state index in [2.05, 4.69) is 15.2 Å². The lowest BCUT2D eigenvalue weighted by molar-refractivity contribution is 0.0692. The van der Waals surface area contributed by atoms with Crippen LogP contribution in [-0.2, 0) is 0 Å². The summed E-state index contributed by atoms with van der Waals surface area (Å²) in [6, 6.07) is 3.35. The number of carbonyl (C=O) groups is 1. The standard InChI is InChI=1S/C12H11N3O3/c1-7-8(2)14-15-11(10(7)12(16)17)18-9-4-3-5-13-6-9/h3-6H,1-2H3,(H,16,17). The van der Waals surface area contributed by atoms with Gasteiger partial charge in [-0.2, -0.15) is 5.10 Å². The summed E-state index contributed by atoms with van der Waals surface area (Å²) < 4.78 is 5.39. The Hall–Kier alpha value is -2.50. The number of nitrogens with zero attached hydrogens (tertiary/aromatic N) is 3. The third kappa shape index (κ3) is 2.27. The van der Waals surface area contributed by atoms with Crippen LogP contribution in [0.2, 0.25) is 0 Å². The predicted molar refractivity (Wildman–Crippen MR) is 62.8 cm³/mol. The highest BCUT2D eigenvalue weighted by atomic mass is 16.5. The maximum absolute atomic E-state index is 11.2. The summed E-state index contributed by atoms with van der Waals surface area (Å²) >= 11 is 0. The molecule has 0 spiro atoms. The summed E-state index contributed by atoms with van der Waals surface area (Å²) in [4.78, 5) is 15.1. The number of ether oxygens (including phenoxy) is 1. The molecule has 0 aliphatic heterocycles. The monoisotopic (exact) mass is 245 g/mol. The molecule has 2 aromatic rings. The van der Waals surface area contributed by atoms with E-state index < -0.39 is 5.97 Å². The highest BCUT2D eigenvalue weighted by Gasteiger charge is 2.19. The average molecular weight is 245 g/mol. The Morgan fingerprint density at radius 3 is 2.72 bits per heavy atom. The lowest BCUT2D eigenvalue weighted by atomic mass is 10.1. The Kier molecular flexibility index (Phi) is 3.18. The molecule has 0 saturated carbocycles. The van der Waals surface area contributed by atoms with E-state index in [0.29, 0.717) is 17.0 Å². The summed E-state index contributed by atoms with van der Waals surface area (Å²) in [5.74, 6) is -0.708. The van der Waals surface area contributed by atoms with Crippen molar-refractivity contribution in [3.63, 3.8) is 0 Å². The Labute approximate surface area is 103 Å². The summed E-state index contributed by atoms with van der Waals surface area (Å²) in [5, 5.41) is 16.8. The van der Waals surface area contributed by atoms with Gasteiger partial charge in [-0.1, -0.05) is 0 Å². The van der Waals surface area contributed by atoms with Crippen LogP contribution in [0.1, 0.15) is 21.6 Å². The lowest BCUT2D eigenvalue weighted by Crippen LogP contribution is -2.08. The van der Waals surface area contributed by atoms with Crippen molar-refractivity contribution >= 4 is 5.97 Å². The largest absolute Gasteiger partial charge is 0.477 e. The van der Waals surface area contributed by atoms with Gasteiger partial charge in [0.1, 0.15) is 11.3 Å². The van der Waals surface area contributed by atoms with Crippen molar-refractivity contribution in [1.29, 1.82) is 0 Å². The number of hydrogen-bond donors (Lipinski definition) is 1. The fraction of sp³-hybridized carbons (Fsp3) is 0.167. The number of hydrogen-bond acceptors (Lipinski definition) is 5. The van der Waals surface area contributed by atoms with Crippen molar-refractivity contribution in [3.8, 4) is 11.6 Å². The maximum Gasteiger partial charge on any atom is 0.341 e. The highest BCUT2D eigenvalue weighted by molar-refractivity contribution is 5.92. The average Bonchev–Trinajstić information content (AvgIpc) is 2.35. The first kappa shape index (κ1) is 12.0. The van der Waals surface area contributed by atoms with Crippen LogP contribution in [0.25, 0.3) is 0 Å². The number of rotatable bonds is 3. The second kappa shape index (κ2) is 4.79. The van der Waals surface area contributed by atoms with E-state index in [0.717, 1.165) is 0 Å². The van der Waals surface area contributed by atoms with Crippen molar-refractivity contribution in [2.24, 2.45) is 0 Å². The van der Waals surface area contributed by atoms with Gasteiger partial charge in [0.15, 0.2) is 0 Å². The van der Waals surface area contributed by atoms with Crippen LogP contribution in [0.3, 0.4) is 0 Å². The van der Waals surface area contributed by atoms with Crippen LogP contribution in [-0.4, -0.2) is 26.3 Å². The van der Waals surface area contributed by atoms with Crippen LogP contribution in [0.5, 0.6) is 11.6 Å². The van der Waals surface area contributed by atoms with Gasteiger partial charge in [0, 0.05) is 6.20 Å². The minimum absolute atomic E-state index is 0.0198. The Balaban J connectivity index is 2.45. The third-order valence-corrected chi connectivity index (χ3v) is 2.49. The molecule has 0 atom stereocenters.